The zero-order valence-corrected chi connectivity index (χ0v) is 22.9. The van der Waals surface area contributed by atoms with Crippen molar-refractivity contribution < 1.29 is 31.1 Å². The Morgan fingerprint density at radius 2 is 1.72 bits per heavy atom. The van der Waals surface area contributed by atoms with Crippen molar-refractivity contribution in [2.24, 2.45) is 5.92 Å². The Bertz CT molecular complexity index is 1430. The molecule has 2 aromatic carbocycles. The van der Waals surface area contributed by atoms with Gasteiger partial charge in [0.25, 0.3) is 0 Å². The molecule has 2 fully saturated rings. The number of hydrogen-bond donors (Lipinski definition) is 0. The van der Waals surface area contributed by atoms with E-state index in [1.165, 1.54) is 30.5 Å². The molecule has 0 N–H and O–H groups in total. The molecule has 6 nitrogen and oxygen atoms in total. The molecule has 5 rings (SSSR count). The molecular weight excluding hydrogens is 548 g/mol. The third kappa shape index (κ3) is 5.68. The van der Waals surface area contributed by atoms with E-state index in [0.29, 0.717) is 43.4 Å². The first-order valence-electron chi connectivity index (χ1n) is 13.0. The van der Waals surface area contributed by atoms with Crippen LogP contribution < -0.4 is 0 Å². The fraction of sp³-hybridized carbons (Fsp3) is 0.414. The number of hydrogen-bond acceptors (Lipinski definition) is 6. The van der Waals surface area contributed by atoms with Gasteiger partial charge in [-0.2, -0.15) is 0 Å². The second-order valence-electron chi connectivity index (χ2n) is 10.3. The summed E-state index contributed by atoms with van der Waals surface area (Å²) in [6.07, 6.45) is 2.51. The molecule has 1 aromatic heterocycles. The lowest BCUT2D eigenvalue weighted by molar-refractivity contribution is 0.0339. The quantitative estimate of drug-likeness (QED) is 0.298. The molecule has 2 aliphatic rings. The molecule has 0 amide bonds. The Morgan fingerprint density at radius 1 is 1.03 bits per heavy atom. The number of sulfone groups is 1. The summed E-state index contributed by atoms with van der Waals surface area (Å²) in [6.45, 7) is 3.45. The van der Waals surface area contributed by atoms with E-state index in [2.05, 4.69) is 4.90 Å². The molecule has 0 unspecified atom stereocenters. The topological polar surface area (TPSA) is 76.8 Å². The van der Waals surface area contributed by atoms with E-state index in [1.807, 2.05) is 0 Å². The number of benzene rings is 2. The highest BCUT2D eigenvalue weighted by Crippen LogP contribution is 2.50. The number of rotatable bonds is 8. The van der Waals surface area contributed by atoms with Gasteiger partial charge in [-0.3, -0.25) is 9.69 Å². The first-order valence-corrected chi connectivity index (χ1v) is 14.9. The number of ketones is 1. The maximum atomic E-state index is 15.1. The maximum Gasteiger partial charge on any atom is 0.198 e. The minimum atomic E-state index is -4.14. The summed E-state index contributed by atoms with van der Waals surface area (Å²) >= 11 is 5.97. The normalized spacial score (nSPS) is 22.6. The fourth-order valence-electron chi connectivity index (χ4n) is 5.78. The van der Waals surface area contributed by atoms with Crippen molar-refractivity contribution >= 4 is 27.2 Å². The molecule has 1 saturated carbocycles. The Morgan fingerprint density at radius 3 is 2.41 bits per heavy atom. The summed E-state index contributed by atoms with van der Waals surface area (Å²) in [5, 5.41) is 0.369. The van der Waals surface area contributed by atoms with Crippen LogP contribution in [0, 0.1) is 17.6 Å². The SMILES string of the molecule is O=C(CC1CCC(c2cc(F)ccc2F)(S(=O)(=O)c2ccc(Cl)cc2)CC1)c1occc1CN1CCOCC1. The maximum absolute atomic E-state index is 15.1. The monoisotopic (exact) mass is 577 g/mol. The van der Waals surface area contributed by atoms with Crippen LogP contribution in [-0.4, -0.2) is 45.4 Å². The van der Waals surface area contributed by atoms with Gasteiger partial charge in [0.15, 0.2) is 21.4 Å². The molecule has 208 valence electrons. The average Bonchev–Trinajstić information content (AvgIpc) is 3.39. The number of nitrogens with zero attached hydrogens (tertiary/aromatic N) is 1. The molecule has 10 heteroatoms. The summed E-state index contributed by atoms with van der Waals surface area (Å²) < 4.78 is 66.7. The largest absolute Gasteiger partial charge is 0.461 e. The molecule has 2 heterocycles. The van der Waals surface area contributed by atoms with Crippen molar-refractivity contribution in [1.82, 2.24) is 4.90 Å². The van der Waals surface area contributed by atoms with E-state index in [9.17, 15) is 17.6 Å². The van der Waals surface area contributed by atoms with Gasteiger partial charge in [-0.1, -0.05) is 11.6 Å². The van der Waals surface area contributed by atoms with Crippen LogP contribution in [0.25, 0.3) is 0 Å². The number of carbonyl (C=O) groups excluding carboxylic acids is 1. The Labute approximate surface area is 231 Å². The van der Waals surface area contributed by atoms with Crippen LogP contribution in [0.2, 0.25) is 5.02 Å². The van der Waals surface area contributed by atoms with E-state index in [1.54, 1.807) is 6.07 Å². The molecule has 39 heavy (non-hydrogen) atoms. The second kappa shape index (κ2) is 11.5. The van der Waals surface area contributed by atoms with Crippen molar-refractivity contribution in [1.29, 1.82) is 0 Å². The Hall–Kier alpha value is -2.59. The van der Waals surface area contributed by atoms with Gasteiger partial charge < -0.3 is 9.15 Å². The number of furan rings is 1. The van der Waals surface area contributed by atoms with E-state index in [0.717, 1.165) is 36.9 Å². The zero-order chi connectivity index (χ0) is 27.6. The molecule has 1 aliphatic heterocycles. The molecule has 0 bridgehead atoms. The smallest absolute Gasteiger partial charge is 0.198 e. The minimum Gasteiger partial charge on any atom is -0.461 e. The number of Topliss-reactive ketones (excluding diaryl/α,β-unsaturated/α-hetero) is 1. The van der Waals surface area contributed by atoms with Crippen molar-refractivity contribution in [3.05, 3.63) is 88.3 Å². The van der Waals surface area contributed by atoms with Gasteiger partial charge in [0, 0.05) is 42.2 Å². The Balaban J connectivity index is 1.37. The van der Waals surface area contributed by atoms with E-state index < -0.39 is 26.2 Å². The van der Waals surface area contributed by atoms with Gasteiger partial charge in [0.05, 0.1) is 24.4 Å². The van der Waals surface area contributed by atoms with Crippen molar-refractivity contribution in [2.45, 2.75) is 48.3 Å². The van der Waals surface area contributed by atoms with Crippen molar-refractivity contribution in [3.63, 3.8) is 0 Å². The first kappa shape index (κ1) is 28.0. The summed E-state index contributed by atoms with van der Waals surface area (Å²) in [7, 11) is -4.14. The van der Waals surface area contributed by atoms with Crippen LogP contribution in [0.3, 0.4) is 0 Å². The van der Waals surface area contributed by atoms with Gasteiger partial charge in [0.1, 0.15) is 16.4 Å². The predicted octanol–water partition coefficient (Wildman–Crippen LogP) is 6.18. The van der Waals surface area contributed by atoms with Crippen LogP contribution in [0.1, 0.15) is 53.8 Å². The summed E-state index contributed by atoms with van der Waals surface area (Å²) in [4.78, 5) is 15.4. The van der Waals surface area contributed by atoms with Crippen LogP contribution in [0.15, 0.2) is 64.1 Å². The highest BCUT2D eigenvalue weighted by molar-refractivity contribution is 7.92. The minimum absolute atomic E-state index is 0.00609. The molecule has 0 atom stereocenters. The highest BCUT2D eigenvalue weighted by atomic mass is 35.5. The Kier molecular flexibility index (Phi) is 8.24. The second-order valence-corrected chi connectivity index (χ2v) is 13.0. The molecule has 1 aliphatic carbocycles. The molecular formula is C29H30ClF2NO5S. The molecule has 1 saturated heterocycles. The summed E-state index contributed by atoms with van der Waals surface area (Å²) in [6, 6.07) is 10.4. The summed E-state index contributed by atoms with van der Waals surface area (Å²) in [5.74, 6) is -1.42. The lowest BCUT2D eigenvalue weighted by atomic mass is 9.76. The van der Waals surface area contributed by atoms with Crippen LogP contribution in [0.5, 0.6) is 0 Å². The standard InChI is InChI=1S/C29H30ClF2NO5S/c30-22-1-4-24(5-2-22)39(35,36)29(25-18-23(31)3-6-26(25)32)10-7-20(8-11-29)17-27(34)28-21(9-14-38-28)19-33-12-15-37-16-13-33/h1-6,9,14,18,20H,7-8,10-13,15-17,19H2. The van der Waals surface area contributed by atoms with E-state index in [-0.39, 0.29) is 41.4 Å². The molecule has 0 radical (unpaired) electrons. The van der Waals surface area contributed by atoms with Gasteiger partial charge >= 0.3 is 0 Å². The van der Waals surface area contributed by atoms with Gasteiger partial charge in [0.2, 0.25) is 0 Å². The first-order chi connectivity index (χ1) is 18.7. The average molecular weight is 578 g/mol. The third-order valence-corrected chi connectivity index (χ3v) is 10.7. The zero-order valence-electron chi connectivity index (χ0n) is 21.4. The number of morpholine rings is 1. The molecule has 3 aromatic rings. The molecule has 0 spiro atoms. The van der Waals surface area contributed by atoms with E-state index >= 15 is 4.39 Å². The fourth-order valence-corrected chi connectivity index (χ4v) is 8.07. The number of halogens is 3. The van der Waals surface area contributed by atoms with Gasteiger partial charge in [-0.25, -0.2) is 17.2 Å². The van der Waals surface area contributed by atoms with Gasteiger partial charge in [-0.15, -0.1) is 0 Å². The van der Waals surface area contributed by atoms with Crippen LogP contribution in [-0.2, 0) is 25.9 Å². The lowest BCUT2D eigenvalue weighted by Crippen LogP contribution is -2.41. The number of carbonyl (C=O) groups is 1. The highest BCUT2D eigenvalue weighted by Gasteiger charge is 2.50. The van der Waals surface area contributed by atoms with Gasteiger partial charge in [-0.05, 0) is 80.1 Å². The van der Waals surface area contributed by atoms with E-state index in [4.69, 9.17) is 20.8 Å². The third-order valence-electron chi connectivity index (χ3n) is 7.94. The van der Waals surface area contributed by atoms with Crippen molar-refractivity contribution in [3.8, 4) is 0 Å². The van der Waals surface area contributed by atoms with Crippen LogP contribution in [0.4, 0.5) is 8.78 Å². The van der Waals surface area contributed by atoms with Crippen LogP contribution >= 0.6 is 11.6 Å². The predicted molar refractivity (Wildman–Crippen MR) is 142 cm³/mol. The number of ether oxygens (including phenoxy) is 1. The lowest BCUT2D eigenvalue weighted by Gasteiger charge is -2.40. The summed E-state index contributed by atoms with van der Waals surface area (Å²) in [5.41, 5.74) is 0.639. The van der Waals surface area contributed by atoms with Crippen molar-refractivity contribution in [2.75, 3.05) is 26.3 Å².